The first kappa shape index (κ1) is 33.5. The van der Waals surface area contributed by atoms with E-state index in [4.69, 9.17) is 6.57 Å². The zero-order valence-corrected chi connectivity index (χ0v) is 32.8. The fraction of sp³-hybridized carbons (Fsp3) is 0.128. The molecule has 0 atom stereocenters. The molecule has 0 amide bonds. The van der Waals surface area contributed by atoms with E-state index >= 15 is 0 Å². The highest BCUT2D eigenvalue weighted by Crippen LogP contribution is 2.48. The molecule has 0 saturated heterocycles. The Morgan fingerprint density at radius 1 is 0.423 bits per heavy atom. The van der Waals surface area contributed by atoms with E-state index in [-0.39, 0.29) is 0 Å². The molecule has 8 aromatic carbocycles. The molecule has 0 aliphatic heterocycles. The van der Waals surface area contributed by atoms with Crippen molar-refractivity contribution in [1.29, 1.82) is 0 Å². The fourth-order valence-electron chi connectivity index (χ4n) is 7.54. The smallest absolute Gasteiger partial charge is 0.210 e. The van der Waals surface area contributed by atoms with Crippen LogP contribution in [0, 0.1) is 6.57 Å². The van der Waals surface area contributed by atoms with Crippen molar-refractivity contribution >= 4 is 98.7 Å². The summed E-state index contributed by atoms with van der Waals surface area (Å²) in [5.41, 5.74) is 7.13. The third-order valence-electron chi connectivity index (χ3n) is 10.3. The van der Waals surface area contributed by atoms with Crippen LogP contribution in [0.3, 0.4) is 0 Å². The molecule has 3 nitrogen and oxygen atoms in total. The lowest BCUT2D eigenvalue weighted by Crippen LogP contribution is -2.37. The average molecular weight is 706 g/mol. The highest BCUT2D eigenvalue weighted by Gasteiger charge is 2.25. The molecule has 0 saturated carbocycles. The Balaban J connectivity index is 1.41. The minimum Gasteiger partial charge on any atom is -0.320 e. The first-order valence-corrected chi connectivity index (χ1v) is 25.1. The summed E-state index contributed by atoms with van der Waals surface area (Å²) in [6.07, 6.45) is 0. The van der Waals surface area contributed by atoms with E-state index < -0.39 is 16.1 Å². The van der Waals surface area contributed by atoms with E-state index in [2.05, 4.69) is 187 Å². The van der Waals surface area contributed by atoms with Crippen molar-refractivity contribution in [2.24, 2.45) is 0 Å². The van der Waals surface area contributed by atoms with Crippen LogP contribution in [0.1, 0.15) is 0 Å². The van der Waals surface area contributed by atoms with Gasteiger partial charge in [0.15, 0.2) is 0 Å². The van der Waals surface area contributed by atoms with Gasteiger partial charge in [0.25, 0.3) is 0 Å². The van der Waals surface area contributed by atoms with Crippen molar-refractivity contribution in [1.82, 2.24) is 0 Å². The van der Waals surface area contributed by atoms with Crippen LogP contribution >= 0.6 is 0 Å². The van der Waals surface area contributed by atoms with Gasteiger partial charge in [-0.05, 0) is 76.1 Å². The summed E-state index contributed by atoms with van der Waals surface area (Å²) >= 11 is 0. The Labute approximate surface area is 309 Å². The molecule has 0 aliphatic carbocycles. The van der Waals surface area contributed by atoms with Crippen LogP contribution < -0.4 is 20.2 Å². The lowest BCUT2D eigenvalue weighted by atomic mass is 9.91. The van der Waals surface area contributed by atoms with Gasteiger partial charge in [0, 0.05) is 27.8 Å². The maximum Gasteiger partial charge on any atom is 0.210 e. The summed E-state index contributed by atoms with van der Waals surface area (Å²) in [7, 11) is -3.18. The molecule has 52 heavy (non-hydrogen) atoms. The zero-order valence-electron chi connectivity index (χ0n) is 30.8. The van der Waals surface area contributed by atoms with Gasteiger partial charge in [-0.2, -0.15) is 0 Å². The van der Waals surface area contributed by atoms with E-state index in [1.807, 2.05) is 18.2 Å². The number of nitrogens with zero attached hydrogens (tertiary/aromatic N) is 3. The van der Waals surface area contributed by atoms with Crippen molar-refractivity contribution in [3.63, 3.8) is 0 Å². The Hall–Kier alpha value is -5.68. The van der Waals surface area contributed by atoms with Crippen LogP contribution in [0.4, 0.5) is 39.8 Å². The second-order valence-corrected chi connectivity index (χ2v) is 26.0. The Kier molecular flexibility index (Phi) is 8.25. The molecular weight excluding hydrogens is 663 g/mol. The SMILES string of the molecule is [C-]#[N+]c1ccccc1N(c1cccc([Si](C)(C)C)c1)c1ccc2ccc3c(N(c4ccccc4)c4cccc([Si](C)(C)C)c4)ccc4ccc1c2c43. The average Bonchev–Trinajstić information content (AvgIpc) is 3.15. The third kappa shape index (κ3) is 5.84. The normalized spacial score (nSPS) is 12.0. The molecule has 0 N–H and O–H groups in total. The quantitative estimate of drug-likeness (QED) is 0.0885. The lowest BCUT2D eigenvalue weighted by Gasteiger charge is -2.31. The number of hydrogen-bond acceptors (Lipinski definition) is 2. The maximum atomic E-state index is 8.13. The van der Waals surface area contributed by atoms with E-state index in [1.165, 1.54) is 43.0 Å². The molecule has 8 rings (SSSR count). The van der Waals surface area contributed by atoms with Crippen LogP contribution in [0.15, 0.2) is 152 Å². The van der Waals surface area contributed by atoms with Gasteiger partial charge in [0.05, 0.1) is 39.8 Å². The molecule has 254 valence electrons. The van der Waals surface area contributed by atoms with Gasteiger partial charge in [-0.3, -0.25) is 0 Å². The number of para-hydroxylation sites is 3. The molecule has 5 heteroatoms. The molecule has 0 fully saturated rings. The molecule has 0 heterocycles. The molecular formula is C47H43N3Si2. The van der Waals surface area contributed by atoms with Gasteiger partial charge in [-0.1, -0.05) is 147 Å². The number of anilines is 6. The topological polar surface area (TPSA) is 10.8 Å². The van der Waals surface area contributed by atoms with Crippen LogP contribution in [0.5, 0.6) is 0 Å². The van der Waals surface area contributed by atoms with Crippen molar-refractivity contribution < 1.29 is 0 Å². The first-order valence-electron chi connectivity index (χ1n) is 18.1. The highest BCUT2D eigenvalue weighted by atomic mass is 28.3. The Morgan fingerprint density at radius 3 is 1.42 bits per heavy atom. The van der Waals surface area contributed by atoms with Crippen molar-refractivity contribution in [2.45, 2.75) is 39.3 Å². The number of rotatable bonds is 8. The van der Waals surface area contributed by atoms with E-state index in [0.717, 1.165) is 33.8 Å². The van der Waals surface area contributed by atoms with Gasteiger partial charge in [0.1, 0.15) is 0 Å². The fourth-order valence-corrected chi connectivity index (χ4v) is 9.90. The summed E-state index contributed by atoms with van der Waals surface area (Å²) in [5, 5.41) is 10.1. The largest absolute Gasteiger partial charge is 0.320 e. The monoisotopic (exact) mass is 705 g/mol. The molecule has 0 bridgehead atoms. The Bertz CT molecular complexity index is 2630. The summed E-state index contributed by atoms with van der Waals surface area (Å²) < 4.78 is 0. The standard InChI is InChI=1S/C47H43N3Si2/c1-48-42-21-11-12-22-45(42)50(37-18-14-20-39(32-37)52(5,6)7)44-30-26-34-23-27-40-43(29-25-33-24-28-41(44)47(34)46(33)40)49(35-15-9-8-10-16-35)36-17-13-19-38(31-36)51(2,3)4/h8-32H,2-7H3. The van der Waals surface area contributed by atoms with Gasteiger partial charge in [0.2, 0.25) is 5.69 Å². The van der Waals surface area contributed by atoms with Gasteiger partial charge >= 0.3 is 0 Å². The van der Waals surface area contributed by atoms with Crippen LogP contribution in [-0.4, -0.2) is 16.1 Å². The molecule has 8 aromatic rings. The molecule has 0 spiro atoms. The van der Waals surface area contributed by atoms with E-state index in [1.54, 1.807) is 0 Å². The van der Waals surface area contributed by atoms with Crippen LogP contribution in [-0.2, 0) is 0 Å². The first-order chi connectivity index (χ1) is 25.0. The molecule has 0 aliphatic rings. The minimum atomic E-state index is -1.62. The second kappa shape index (κ2) is 12.8. The second-order valence-electron chi connectivity index (χ2n) is 15.8. The van der Waals surface area contributed by atoms with Crippen LogP contribution in [0.25, 0.3) is 37.2 Å². The Morgan fingerprint density at radius 2 is 0.885 bits per heavy atom. The summed E-state index contributed by atoms with van der Waals surface area (Å²) in [6, 6.07) is 55.1. The molecule has 0 unspecified atom stereocenters. The maximum absolute atomic E-state index is 8.13. The summed E-state index contributed by atoms with van der Waals surface area (Å²) in [4.78, 5) is 8.73. The predicted molar refractivity (Wildman–Crippen MR) is 232 cm³/mol. The van der Waals surface area contributed by atoms with E-state index in [0.29, 0.717) is 5.69 Å². The van der Waals surface area contributed by atoms with Crippen LogP contribution in [0.2, 0.25) is 39.3 Å². The van der Waals surface area contributed by atoms with Crippen molar-refractivity contribution in [3.8, 4) is 0 Å². The van der Waals surface area contributed by atoms with Gasteiger partial charge < -0.3 is 9.80 Å². The number of hydrogen-bond donors (Lipinski definition) is 0. The lowest BCUT2D eigenvalue weighted by molar-refractivity contribution is 1.30. The van der Waals surface area contributed by atoms with E-state index in [9.17, 15) is 0 Å². The van der Waals surface area contributed by atoms with Gasteiger partial charge in [-0.15, -0.1) is 0 Å². The third-order valence-corrected chi connectivity index (χ3v) is 14.4. The summed E-state index contributed by atoms with van der Waals surface area (Å²) in [5.74, 6) is 0. The molecule has 0 radical (unpaired) electrons. The zero-order chi connectivity index (χ0) is 36.2. The summed E-state index contributed by atoms with van der Waals surface area (Å²) in [6.45, 7) is 22.5. The number of benzene rings is 8. The minimum absolute atomic E-state index is 0.632. The predicted octanol–water partition coefficient (Wildman–Crippen LogP) is 13.2. The molecule has 0 aromatic heterocycles. The van der Waals surface area contributed by atoms with Gasteiger partial charge in [-0.25, -0.2) is 4.85 Å². The van der Waals surface area contributed by atoms with Crippen molar-refractivity contribution in [3.05, 3.63) is 163 Å². The van der Waals surface area contributed by atoms with Crippen molar-refractivity contribution in [2.75, 3.05) is 9.80 Å². The highest BCUT2D eigenvalue weighted by molar-refractivity contribution is 6.89.